The lowest BCUT2D eigenvalue weighted by atomic mass is 10.2. The van der Waals surface area contributed by atoms with E-state index in [1.165, 1.54) is 0 Å². The van der Waals surface area contributed by atoms with Crippen molar-refractivity contribution < 1.29 is 19.1 Å². The van der Waals surface area contributed by atoms with Crippen molar-refractivity contribution in [2.24, 2.45) is 0 Å². The Kier molecular flexibility index (Phi) is 7.54. The molecule has 1 aromatic rings. The standard InChI is InChI=1S/C16H19ClO4/c1-3-5-6-14(21-15(18)4-2)11-20-13-9-7-12(8-10-13)16(17)19/h4,7-10,14H,2-3,5-6,11H2,1H3. The summed E-state index contributed by atoms with van der Waals surface area (Å²) in [6.45, 7) is 5.70. The highest BCUT2D eigenvalue weighted by atomic mass is 35.5. The molecule has 0 saturated heterocycles. The van der Waals surface area contributed by atoms with Crippen LogP contribution in [0.1, 0.15) is 36.5 Å². The molecule has 5 heteroatoms. The van der Waals surface area contributed by atoms with Gasteiger partial charge in [-0.1, -0.05) is 19.9 Å². The maximum Gasteiger partial charge on any atom is 0.330 e. The molecule has 1 rings (SSSR count). The monoisotopic (exact) mass is 310 g/mol. The van der Waals surface area contributed by atoms with Crippen LogP contribution in [0.3, 0.4) is 0 Å². The van der Waals surface area contributed by atoms with Gasteiger partial charge < -0.3 is 9.47 Å². The predicted molar refractivity (Wildman–Crippen MR) is 81.7 cm³/mol. The Hall–Kier alpha value is -1.81. The van der Waals surface area contributed by atoms with Crippen LogP contribution < -0.4 is 4.74 Å². The molecule has 1 aromatic carbocycles. The summed E-state index contributed by atoms with van der Waals surface area (Å²) in [5, 5.41) is -0.512. The van der Waals surface area contributed by atoms with Crippen molar-refractivity contribution >= 4 is 22.8 Å². The minimum absolute atomic E-state index is 0.258. The van der Waals surface area contributed by atoms with Crippen molar-refractivity contribution in [3.63, 3.8) is 0 Å². The van der Waals surface area contributed by atoms with E-state index in [-0.39, 0.29) is 12.7 Å². The summed E-state index contributed by atoms with van der Waals surface area (Å²) in [4.78, 5) is 22.2. The maximum atomic E-state index is 11.3. The topological polar surface area (TPSA) is 52.6 Å². The molecule has 21 heavy (non-hydrogen) atoms. The average Bonchev–Trinajstić information content (AvgIpc) is 2.50. The van der Waals surface area contributed by atoms with Gasteiger partial charge in [0.2, 0.25) is 0 Å². The van der Waals surface area contributed by atoms with Crippen LogP contribution in [0.2, 0.25) is 0 Å². The second-order valence-electron chi connectivity index (χ2n) is 4.51. The third-order valence-corrected chi connectivity index (χ3v) is 3.06. The molecule has 0 N–H and O–H groups in total. The van der Waals surface area contributed by atoms with E-state index in [9.17, 15) is 9.59 Å². The van der Waals surface area contributed by atoms with Gasteiger partial charge in [-0.05, 0) is 48.7 Å². The van der Waals surface area contributed by atoms with Crippen LogP contribution in [0.5, 0.6) is 5.75 Å². The van der Waals surface area contributed by atoms with Gasteiger partial charge in [0, 0.05) is 11.6 Å². The molecule has 1 atom stereocenters. The molecule has 0 heterocycles. The van der Waals surface area contributed by atoms with Crippen LogP contribution in [-0.2, 0) is 9.53 Å². The van der Waals surface area contributed by atoms with Crippen LogP contribution in [0.4, 0.5) is 0 Å². The number of esters is 1. The fraction of sp³-hybridized carbons (Fsp3) is 0.375. The highest BCUT2D eigenvalue weighted by molar-refractivity contribution is 6.67. The summed E-state index contributed by atoms with van der Waals surface area (Å²) in [6.07, 6.45) is 3.51. The summed E-state index contributed by atoms with van der Waals surface area (Å²) in [7, 11) is 0. The first-order valence-electron chi connectivity index (χ1n) is 6.82. The molecule has 0 saturated carbocycles. The van der Waals surface area contributed by atoms with Crippen LogP contribution in [0.25, 0.3) is 0 Å². The lowest BCUT2D eigenvalue weighted by Gasteiger charge is -2.17. The molecule has 0 aromatic heterocycles. The number of rotatable bonds is 9. The average molecular weight is 311 g/mol. The minimum atomic E-state index is -0.512. The zero-order chi connectivity index (χ0) is 15.7. The molecule has 0 aliphatic carbocycles. The molecule has 0 radical (unpaired) electrons. The molecule has 114 valence electrons. The van der Waals surface area contributed by atoms with E-state index in [1.807, 2.05) is 0 Å². The molecular weight excluding hydrogens is 292 g/mol. The molecule has 0 aliphatic heterocycles. The zero-order valence-corrected chi connectivity index (χ0v) is 12.8. The van der Waals surface area contributed by atoms with Crippen molar-refractivity contribution in [1.29, 1.82) is 0 Å². The van der Waals surface area contributed by atoms with Gasteiger partial charge in [0.25, 0.3) is 5.24 Å². The quantitative estimate of drug-likeness (QED) is 0.396. The lowest BCUT2D eigenvalue weighted by Crippen LogP contribution is -2.24. The van der Waals surface area contributed by atoms with Crippen molar-refractivity contribution in [1.82, 2.24) is 0 Å². The van der Waals surface area contributed by atoms with Crippen molar-refractivity contribution in [3.8, 4) is 5.75 Å². The zero-order valence-electron chi connectivity index (χ0n) is 12.0. The molecule has 0 bridgehead atoms. The number of hydrogen-bond donors (Lipinski definition) is 0. The smallest absolute Gasteiger partial charge is 0.330 e. The third kappa shape index (κ3) is 6.45. The molecule has 4 nitrogen and oxygen atoms in total. The van der Waals surface area contributed by atoms with Gasteiger partial charge in [-0.25, -0.2) is 4.79 Å². The van der Waals surface area contributed by atoms with E-state index in [2.05, 4.69) is 13.5 Å². The summed E-state index contributed by atoms with van der Waals surface area (Å²) in [6, 6.07) is 6.48. The maximum absolute atomic E-state index is 11.3. The van der Waals surface area contributed by atoms with Crippen LogP contribution >= 0.6 is 11.6 Å². The van der Waals surface area contributed by atoms with Crippen molar-refractivity contribution in [3.05, 3.63) is 42.5 Å². The van der Waals surface area contributed by atoms with E-state index in [0.29, 0.717) is 11.3 Å². The van der Waals surface area contributed by atoms with E-state index < -0.39 is 11.2 Å². The Morgan fingerprint density at radius 2 is 2.00 bits per heavy atom. The SMILES string of the molecule is C=CC(=O)OC(CCCC)COc1ccc(C(=O)Cl)cc1. The first-order chi connectivity index (χ1) is 10.1. The molecular formula is C16H19ClO4. The Morgan fingerprint density at radius 3 is 2.52 bits per heavy atom. The third-order valence-electron chi connectivity index (χ3n) is 2.85. The lowest BCUT2D eigenvalue weighted by molar-refractivity contribution is -0.144. The molecule has 1 unspecified atom stereocenters. The summed E-state index contributed by atoms with van der Waals surface area (Å²) < 4.78 is 10.8. The fourth-order valence-corrected chi connectivity index (χ4v) is 1.82. The number of carbonyl (C=O) groups excluding carboxylic acids is 2. The van der Waals surface area contributed by atoms with Crippen LogP contribution in [0, 0.1) is 0 Å². The Morgan fingerprint density at radius 1 is 1.33 bits per heavy atom. The Labute approximate surface area is 129 Å². The Bertz CT molecular complexity index is 482. The number of ether oxygens (including phenoxy) is 2. The van der Waals surface area contributed by atoms with E-state index in [4.69, 9.17) is 21.1 Å². The largest absolute Gasteiger partial charge is 0.490 e. The minimum Gasteiger partial charge on any atom is -0.490 e. The molecule has 0 amide bonds. The van der Waals surface area contributed by atoms with Gasteiger partial charge in [0.1, 0.15) is 18.5 Å². The summed E-state index contributed by atoms with van der Waals surface area (Å²) >= 11 is 5.37. The molecule has 0 aliphatic rings. The second kappa shape index (κ2) is 9.19. The number of carbonyl (C=O) groups is 2. The summed E-state index contributed by atoms with van der Waals surface area (Å²) in [5.74, 6) is 0.135. The van der Waals surface area contributed by atoms with Gasteiger partial charge in [-0.15, -0.1) is 0 Å². The van der Waals surface area contributed by atoms with E-state index in [1.54, 1.807) is 24.3 Å². The molecule has 0 fully saturated rings. The van der Waals surface area contributed by atoms with Gasteiger partial charge in [0.15, 0.2) is 0 Å². The van der Waals surface area contributed by atoms with Crippen LogP contribution in [0.15, 0.2) is 36.9 Å². The van der Waals surface area contributed by atoms with Gasteiger partial charge in [-0.2, -0.15) is 0 Å². The first kappa shape index (κ1) is 17.2. The predicted octanol–water partition coefficient (Wildman–Crippen LogP) is 3.73. The van der Waals surface area contributed by atoms with Crippen LogP contribution in [-0.4, -0.2) is 23.9 Å². The van der Waals surface area contributed by atoms with Crippen molar-refractivity contribution in [2.45, 2.75) is 32.3 Å². The normalized spacial score (nSPS) is 11.5. The fourth-order valence-electron chi connectivity index (χ4n) is 1.69. The first-order valence-corrected chi connectivity index (χ1v) is 7.20. The van der Waals surface area contributed by atoms with Crippen molar-refractivity contribution in [2.75, 3.05) is 6.61 Å². The highest BCUT2D eigenvalue weighted by Gasteiger charge is 2.13. The van der Waals surface area contributed by atoms with E-state index in [0.717, 1.165) is 25.3 Å². The van der Waals surface area contributed by atoms with Gasteiger partial charge in [0.05, 0.1) is 0 Å². The van der Waals surface area contributed by atoms with E-state index >= 15 is 0 Å². The van der Waals surface area contributed by atoms with Gasteiger partial charge >= 0.3 is 5.97 Å². The van der Waals surface area contributed by atoms with Gasteiger partial charge in [-0.3, -0.25) is 4.79 Å². The highest BCUT2D eigenvalue weighted by Crippen LogP contribution is 2.15. The molecule has 0 spiro atoms. The number of halogens is 1. The number of unbranched alkanes of at least 4 members (excludes halogenated alkanes) is 1. The Balaban J connectivity index is 2.56. The second-order valence-corrected chi connectivity index (χ2v) is 4.86. The number of hydrogen-bond acceptors (Lipinski definition) is 4. The summed E-state index contributed by atoms with van der Waals surface area (Å²) in [5.41, 5.74) is 0.407. The number of benzene rings is 1.